The molecule has 2 aromatic rings. The van der Waals surface area contributed by atoms with E-state index in [4.69, 9.17) is 0 Å². The number of nitrogens with one attached hydrogen (secondary N) is 2. The third-order valence-corrected chi connectivity index (χ3v) is 4.92. The molecule has 0 spiro atoms. The molecule has 130 valence electrons. The second-order valence-corrected chi connectivity index (χ2v) is 6.84. The van der Waals surface area contributed by atoms with Crippen LogP contribution in [0.5, 0.6) is 0 Å². The van der Waals surface area contributed by atoms with Gasteiger partial charge in [-0.3, -0.25) is 4.79 Å². The molecule has 0 aliphatic heterocycles. The Balaban J connectivity index is 2.03. The minimum Gasteiger partial charge on any atom is -0.349 e. The number of H-pyrrole nitrogens is 1. The number of nitrogens with zero attached hydrogens (tertiary/aromatic N) is 2. The summed E-state index contributed by atoms with van der Waals surface area (Å²) in [4.78, 5) is 29.9. The van der Waals surface area contributed by atoms with E-state index < -0.39 is 5.69 Å². The number of nitriles is 1. The van der Waals surface area contributed by atoms with Gasteiger partial charge in [0, 0.05) is 5.69 Å². The summed E-state index contributed by atoms with van der Waals surface area (Å²) in [5.41, 5.74) is 3.63. The molecule has 1 amide bonds. The maximum absolute atomic E-state index is 12.2. The van der Waals surface area contributed by atoms with E-state index in [1.54, 1.807) is 6.92 Å². The molecular weight excluding hydrogens is 336 g/mol. The first-order valence-corrected chi connectivity index (χ1v) is 8.80. The molecule has 0 radical (unpaired) electrons. The molecule has 6 nitrogen and oxygen atoms in total. The molecule has 1 aromatic carbocycles. The molecular formula is C18H20N4O2S. The van der Waals surface area contributed by atoms with Crippen LogP contribution in [-0.4, -0.2) is 21.6 Å². The first-order valence-electron chi connectivity index (χ1n) is 7.82. The Morgan fingerprint density at radius 3 is 2.72 bits per heavy atom. The summed E-state index contributed by atoms with van der Waals surface area (Å²) in [6.07, 6.45) is 0. The number of aromatic amines is 1. The van der Waals surface area contributed by atoms with E-state index in [1.807, 2.05) is 39.0 Å². The molecule has 1 aromatic heterocycles. The summed E-state index contributed by atoms with van der Waals surface area (Å²) >= 11 is 1.09. The van der Waals surface area contributed by atoms with Gasteiger partial charge in [0.15, 0.2) is 0 Å². The van der Waals surface area contributed by atoms with Gasteiger partial charge < -0.3 is 10.3 Å². The zero-order chi connectivity index (χ0) is 18.6. The summed E-state index contributed by atoms with van der Waals surface area (Å²) in [6, 6.07) is 7.97. The van der Waals surface area contributed by atoms with Gasteiger partial charge in [0.25, 0.3) is 0 Å². The zero-order valence-electron chi connectivity index (χ0n) is 14.6. The standard InChI is InChI=1S/C18H20N4O2S/c1-10-5-6-14(7-11(10)2)12(3)20-16(23)9-25-17-15(8-19)13(4)21-18(24)22-17/h5-7,12H,9H2,1-4H3,(H,20,23)(H,21,22,24)/t12-/m0/s1. The smallest absolute Gasteiger partial charge is 0.346 e. The van der Waals surface area contributed by atoms with E-state index in [0.29, 0.717) is 11.3 Å². The molecule has 0 bridgehead atoms. The van der Waals surface area contributed by atoms with Crippen molar-refractivity contribution in [3.63, 3.8) is 0 Å². The van der Waals surface area contributed by atoms with Crippen molar-refractivity contribution in [2.24, 2.45) is 0 Å². The van der Waals surface area contributed by atoms with Gasteiger partial charge in [-0.05, 0) is 44.4 Å². The van der Waals surface area contributed by atoms with Crippen LogP contribution in [0.1, 0.15) is 40.9 Å². The summed E-state index contributed by atoms with van der Waals surface area (Å²) < 4.78 is 0. The molecule has 0 aliphatic carbocycles. The first kappa shape index (κ1) is 18.7. The Hall–Kier alpha value is -2.59. The molecule has 0 saturated heterocycles. The van der Waals surface area contributed by atoms with Crippen LogP contribution < -0.4 is 11.0 Å². The monoisotopic (exact) mass is 356 g/mol. The van der Waals surface area contributed by atoms with E-state index in [0.717, 1.165) is 17.3 Å². The summed E-state index contributed by atoms with van der Waals surface area (Å²) in [5, 5.41) is 12.4. The predicted octanol–water partition coefficient (Wildman–Crippen LogP) is 2.54. The number of thioether (sulfide) groups is 1. The number of rotatable bonds is 5. The van der Waals surface area contributed by atoms with E-state index in [9.17, 15) is 14.9 Å². The Morgan fingerprint density at radius 2 is 2.08 bits per heavy atom. The van der Waals surface area contributed by atoms with E-state index in [2.05, 4.69) is 21.4 Å². The number of hydrogen-bond donors (Lipinski definition) is 2. The zero-order valence-corrected chi connectivity index (χ0v) is 15.5. The minimum absolute atomic E-state index is 0.0831. The number of carbonyl (C=O) groups excluding carboxylic acids is 1. The molecule has 0 saturated carbocycles. The van der Waals surface area contributed by atoms with Crippen molar-refractivity contribution in [3.05, 3.63) is 56.6 Å². The number of aryl methyl sites for hydroxylation is 3. The second kappa shape index (κ2) is 7.99. The lowest BCUT2D eigenvalue weighted by Crippen LogP contribution is -2.28. The highest BCUT2D eigenvalue weighted by molar-refractivity contribution is 8.00. The number of amides is 1. The Morgan fingerprint density at radius 1 is 1.36 bits per heavy atom. The molecule has 7 heteroatoms. The summed E-state index contributed by atoms with van der Waals surface area (Å²) in [6.45, 7) is 7.63. The maximum atomic E-state index is 12.2. The summed E-state index contributed by atoms with van der Waals surface area (Å²) in [7, 11) is 0. The lowest BCUT2D eigenvalue weighted by atomic mass is 10.0. The SMILES string of the molecule is Cc1ccc([C@H](C)NC(=O)CSc2nc(=O)[nH]c(C)c2C#N)cc1C. The number of hydrogen-bond acceptors (Lipinski definition) is 5. The van der Waals surface area contributed by atoms with Crippen molar-refractivity contribution in [3.8, 4) is 6.07 Å². The van der Waals surface area contributed by atoms with Crippen LogP contribution in [0.4, 0.5) is 0 Å². The van der Waals surface area contributed by atoms with E-state index in [1.165, 1.54) is 11.1 Å². The average Bonchev–Trinajstić information content (AvgIpc) is 2.55. The highest BCUT2D eigenvalue weighted by Crippen LogP contribution is 2.21. The molecule has 2 rings (SSSR count). The third-order valence-electron chi connectivity index (χ3n) is 3.95. The molecule has 0 unspecified atom stereocenters. The third kappa shape index (κ3) is 4.70. The first-order chi connectivity index (χ1) is 11.8. The molecule has 2 N–H and O–H groups in total. The van der Waals surface area contributed by atoms with Crippen molar-refractivity contribution in [2.45, 2.75) is 38.8 Å². The quantitative estimate of drug-likeness (QED) is 0.633. The van der Waals surface area contributed by atoms with Crippen molar-refractivity contribution in [1.82, 2.24) is 15.3 Å². The lowest BCUT2D eigenvalue weighted by Gasteiger charge is -2.15. The number of benzene rings is 1. The van der Waals surface area contributed by atoms with Crippen LogP contribution in [-0.2, 0) is 4.79 Å². The van der Waals surface area contributed by atoms with Crippen molar-refractivity contribution in [1.29, 1.82) is 5.26 Å². The van der Waals surface area contributed by atoms with Crippen molar-refractivity contribution in [2.75, 3.05) is 5.75 Å². The molecule has 25 heavy (non-hydrogen) atoms. The summed E-state index contributed by atoms with van der Waals surface area (Å²) in [5.74, 6) is -0.0981. The van der Waals surface area contributed by atoms with Crippen LogP contribution >= 0.6 is 11.8 Å². The van der Waals surface area contributed by atoms with Gasteiger partial charge in [-0.25, -0.2) is 4.79 Å². The van der Waals surface area contributed by atoms with Gasteiger partial charge >= 0.3 is 5.69 Å². The van der Waals surface area contributed by atoms with Gasteiger partial charge in [-0.2, -0.15) is 10.2 Å². The normalized spacial score (nSPS) is 11.6. The van der Waals surface area contributed by atoms with Gasteiger partial charge in [0.05, 0.1) is 11.8 Å². The van der Waals surface area contributed by atoms with E-state index in [-0.39, 0.29) is 22.7 Å². The van der Waals surface area contributed by atoms with Gasteiger partial charge in [-0.1, -0.05) is 30.0 Å². The molecule has 0 aliphatic rings. The fourth-order valence-corrected chi connectivity index (χ4v) is 3.17. The van der Waals surface area contributed by atoms with Crippen LogP contribution in [0.2, 0.25) is 0 Å². The van der Waals surface area contributed by atoms with Crippen LogP contribution in [0.15, 0.2) is 28.0 Å². The van der Waals surface area contributed by atoms with Gasteiger partial charge in [-0.15, -0.1) is 0 Å². The van der Waals surface area contributed by atoms with E-state index >= 15 is 0 Å². The fraction of sp³-hybridized carbons (Fsp3) is 0.333. The van der Waals surface area contributed by atoms with Crippen LogP contribution in [0.25, 0.3) is 0 Å². The second-order valence-electron chi connectivity index (χ2n) is 5.88. The Labute approximate surface area is 150 Å². The topological polar surface area (TPSA) is 98.6 Å². The lowest BCUT2D eigenvalue weighted by molar-refractivity contribution is -0.119. The Kier molecular flexibility index (Phi) is 5.99. The Bertz CT molecular complexity index is 899. The average molecular weight is 356 g/mol. The minimum atomic E-state index is -0.525. The van der Waals surface area contributed by atoms with Gasteiger partial charge in [0.1, 0.15) is 16.7 Å². The number of aromatic nitrogens is 2. The van der Waals surface area contributed by atoms with Crippen molar-refractivity contribution < 1.29 is 4.79 Å². The highest BCUT2D eigenvalue weighted by atomic mass is 32.2. The maximum Gasteiger partial charge on any atom is 0.346 e. The molecule has 1 atom stereocenters. The van der Waals surface area contributed by atoms with Crippen molar-refractivity contribution >= 4 is 17.7 Å². The number of carbonyl (C=O) groups is 1. The van der Waals surface area contributed by atoms with Crippen LogP contribution in [0, 0.1) is 32.1 Å². The van der Waals surface area contributed by atoms with Gasteiger partial charge in [0.2, 0.25) is 5.91 Å². The highest BCUT2D eigenvalue weighted by Gasteiger charge is 2.14. The molecule has 1 heterocycles. The fourth-order valence-electron chi connectivity index (χ4n) is 2.33. The van der Waals surface area contributed by atoms with Crippen LogP contribution in [0.3, 0.4) is 0 Å². The predicted molar refractivity (Wildman–Crippen MR) is 97.5 cm³/mol. The molecule has 0 fully saturated rings. The largest absolute Gasteiger partial charge is 0.349 e.